The van der Waals surface area contributed by atoms with E-state index < -0.39 is 0 Å². The highest BCUT2D eigenvalue weighted by atomic mass is 79.9. The van der Waals surface area contributed by atoms with Crippen molar-refractivity contribution in [2.24, 2.45) is 0 Å². The molecule has 1 amide bonds. The first-order chi connectivity index (χ1) is 9.67. The van der Waals surface area contributed by atoms with Gasteiger partial charge in [-0.25, -0.2) is 0 Å². The first-order valence-electron chi connectivity index (χ1n) is 6.91. The van der Waals surface area contributed by atoms with Gasteiger partial charge in [0.2, 0.25) is 5.91 Å². The third kappa shape index (κ3) is 6.50. The summed E-state index contributed by atoms with van der Waals surface area (Å²) in [7, 11) is 1.62. The van der Waals surface area contributed by atoms with Gasteiger partial charge in [0.25, 0.3) is 0 Å². The van der Waals surface area contributed by atoms with Crippen molar-refractivity contribution in [3.8, 4) is 0 Å². The van der Waals surface area contributed by atoms with Crippen LogP contribution in [0.25, 0.3) is 0 Å². The molecule has 0 aliphatic rings. The topological polar surface area (TPSA) is 50.4 Å². The fourth-order valence-corrected chi connectivity index (χ4v) is 2.20. The van der Waals surface area contributed by atoms with Gasteiger partial charge < -0.3 is 15.4 Å². The number of benzene rings is 1. The second-order valence-electron chi connectivity index (χ2n) is 4.56. The van der Waals surface area contributed by atoms with E-state index in [9.17, 15) is 4.79 Å². The van der Waals surface area contributed by atoms with E-state index in [0.717, 1.165) is 10.9 Å². The fraction of sp³-hybridized carbons (Fsp3) is 0.533. The van der Waals surface area contributed by atoms with E-state index in [-0.39, 0.29) is 11.9 Å². The minimum Gasteiger partial charge on any atom is -0.383 e. The molecule has 1 rings (SSSR count). The van der Waals surface area contributed by atoms with Crippen LogP contribution in [-0.4, -0.2) is 32.7 Å². The van der Waals surface area contributed by atoms with Crippen molar-refractivity contribution < 1.29 is 9.53 Å². The first-order valence-corrected chi connectivity index (χ1v) is 7.71. The van der Waals surface area contributed by atoms with Gasteiger partial charge in [-0.2, -0.15) is 0 Å². The fourth-order valence-electron chi connectivity index (χ4n) is 1.93. The summed E-state index contributed by atoms with van der Waals surface area (Å²) in [6.45, 7) is 3.93. The second kappa shape index (κ2) is 9.91. The van der Waals surface area contributed by atoms with Crippen LogP contribution < -0.4 is 10.6 Å². The number of methoxy groups -OCH3 is 1. The first kappa shape index (κ1) is 17.1. The summed E-state index contributed by atoms with van der Waals surface area (Å²) in [6.07, 6.45) is 1.48. The molecule has 1 atom stereocenters. The number of halogens is 1. The van der Waals surface area contributed by atoms with Gasteiger partial charge in [0, 0.05) is 37.1 Å². The summed E-state index contributed by atoms with van der Waals surface area (Å²) in [4.78, 5) is 11.6. The lowest BCUT2D eigenvalue weighted by atomic mass is 10.0. The number of hydrogen-bond donors (Lipinski definition) is 2. The molecule has 0 saturated carbocycles. The Labute approximate surface area is 129 Å². The molecule has 0 bridgehead atoms. The van der Waals surface area contributed by atoms with Gasteiger partial charge >= 0.3 is 0 Å². The molecule has 4 nitrogen and oxygen atoms in total. The number of hydrogen-bond acceptors (Lipinski definition) is 3. The number of amides is 1. The molecule has 0 spiro atoms. The minimum atomic E-state index is 0.0557. The highest BCUT2D eigenvalue weighted by Gasteiger charge is 2.09. The maximum absolute atomic E-state index is 11.6. The third-order valence-electron chi connectivity index (χ3n) is 3.05. The molecule has 1 aromatic carbocycles. The summed E-state index contributed by atoms with van der Waals surface area (Å²) < 4.78 is 5.96. The molecule has 0 fully saturated rings. The Morgan fingerprint density at radius 3 is 2.60 bits per heavy atom. The van der Waals surface area contributed by atoms with Crippen molar-refractivity contribution in [2.45, 2.75) is 25.8 Å². The molecule has 112 valence electrons. The van der Waals surface area contributed by atoms with Gasteiger partial charge in [-0.1, -0.05) is 35.0 Å². The van der Waals surface area contributed by atoms with E-state index >= 15 is 0 Å². The molecule has 0 aromatic heterocycles. The number of carbonyl (C=O) groups excluding carboxylic acids is 1. The van der Waals surface area contributed by atoms with Crippen LogP contribution in [0.1, 0.15) is 31.4 Å². The molecular formula is C15H23BrN2O2. The molecule has 1 aromatic rings. The quantitative estimate of drug-likeness (QED) is 0.678. The molecule has 20 heavy (non-hydrogen) atoms. The lowest BCUT2D eigenvalue weighted by Crippen LogP contribution is -2.31. The summed E-state index contributed by atoms with van der Waals surface area (Å²) >= 11 is 3.43. The van der Waals surface area contributed by atoms with Crippen LogP contribution in [0.2, 0.25) is 0 Å². The van der Waals surface area contributed by atoms with Crippen molar-refractivity contribution in [3.05, 3.63) is 34.3 Å². The van der Waals surface area contributed by atoms with E-state index in [1.54, 1.807) is 7.11 Å². The Bertz CT molecular complexity index is 395. The Balaban J connectivity index is 2.31. The maximum Gasteiger partial charge on any atom is 0.221 e. The standard InChI is InChI=1S/C15H23BrN2O2/c1-3-14(12-4-6-13(16)7-5-12)17-9-8-15(19)18-10-11-20-2/h4-7,14,17H,3,8-11H2,1-2H3,(H,18,19). The van der Waals surface area contributed by atoms with Crippen LogP contribution in [-0.2, 0) is 9.53 Å². The van der Waals surface area contributed by atoms with Crippen LogP contribution in [0.4, 0.5) is 0 Å². The van der Waals surface area contributed by atoms with Gasteiger partial charge in [0.05, 0.1) is 6.61 Å². The molecule has 0 radical (unpaired) electrons. The lowest BCUT2D eigenvalue weighted by molar-refractivity contribution is -0.121. The average Bonchev–Trinajstić information content (AvgIpc) is 2.45. The molecular weight excluding hydrogens is 320 g/mol. The van der Waals surface area contributed by atoms with Crippen molar-refractivity contribution >= 4 is 21.8 Å². The number of rotatable bonds is 9. The zero-order valence-corrected chi connectivity index (χ0v) is 13.7. The van der Waals surface area contributed by atoms with Gasteiger partial charge in [0.1, 0.15) is 0 Å². The second-order valence-corrected chi connectivity index (χ2v) is 5.47. The van der Waals surface area contributed by atoms with Crippen molar-refractivity contribution in [2.75, 3.05) is 26.8 Å². The van der Waals surface area contributed by atoms with Crippen LogP contribution in [0.15, 0.2) is 28.7 Å². The molecule has 2 N–H and O–H groups in total. The Kier molecular flexibility index (Phi) is 8.49. The smallest absolute Gasteiger partial charge is 0.221 e. The van der Waals surface area contributed by atoms with E-state index in [2.05, 4.69) is 45.6 Å². The van der Waals surface area contributed by atoms with E-state index in [1.807, 2.05) is 12.1 Å². The molecule has 0 saturated heterocycles. The van der Waals surface area contributed by atoms with Crippen LogP contribution >= 0.6 is 15.9 Å². The largest absolute Gasteiger partial charge is 0.383 e. The minimum absolute atomic E-state index is 0.0557. The van der Waals surface area contributed by atoms with Gasteiger partial charge in [-0.3, -0.25) is 4.79 Å². The van der Waals surface area contributed by atoms with Crippen molar-refractivity contribution in [1.29, 1.82) is 0 Å². The number of nitrogens with one attached hydrogen (secondary N) is 2. The molecule has 1 unspecified atom stereocenters. The lowest BCUT2D eigenvalue weighted by Gasteiger charge is -2.17. The highest BCUT2D eigenvalue weighted by molar-refractivity contribution is 9.10. The molecule has 5 heteroatoms. The highest BCUT2D eigenvalue weighted by Crippen LogP contribution is 2.19. The van der Waals surface area contributed by atoms with Gasteiger partial charge in [-0.15, -0.1) is 0 Å². The number of ether oxygens (including phenoxy) is 1. The SMILES string of the molecule is CCC(NCCC(=O)NCCOC)c1ccc(Br)cc1. The summed E-state index contributed by atoms with van der Waals surface area (Å²) in [5, 5.41) is 6.23. The zero-order valence-electron chi connectivity index (χ0n) is 12.1. The molecule has 0 heterocycles. The predicted molar refractivity (Wildman–Crippen MR) is 84.7 cm³/mol. The zero-order chi connectivity index (χ0) is 14.8. The van der Waals surface area contributed by atoms with Crippen molar-refractivity contribution in [1.82, 2.24) is 10.6 Å². The average molecular weight is 343 g/mol. The van der Waals surface area contributed by atoms with Crippen molar-refractivity contribution in [3.63, 3.8) is 0 Å². The van der Waals surface area contributed by atoms with Gasteiger partial charge in [-0.05, 0) is 24.1 Å². The molecule has 0 aliphatic carbocycles. The monoisotopic (exact) mass is 342 g/mol. The third-order valence-corrected chi connectivity index (χ3v) is 3.58. The van der Waals surface area contributed by atoms with Crippen LogP contribution in [0.5, 0.6) is 0 Å². The predicted octanol–water partition coefficient (Wildman–Crippen LogP) is 2.64. The molecule has 0 aliphatic heterocycles. The van der Waals surface area contributed by atoms with Crippen LogP contribution in [0, 0.1) is 0 Å². The Hall–Kier alpha value is -0.910. The van der Waals surface area contributed by atoms with E-state index in [1.165, 1.54) is 5.56 Å². The Morgan fingerprint density at radius 2 is 2.00 bits per heavy atom. The maximum atomic E-state index is 11.6. The van der Waals surface area contributed by atoms with E-state index in [0.29, 0.717) is 26.1 Å². The summed E-state index contributed by atoms with van der Waals surface area (Å²) in [5.74, 6) is 0.0557. The van der Waals surface area contributed by atoms with Crippen LogP contribution in [0.3, 0.4) is 0 Å². The number of carbonyl (C=O) groups is 1. The van der Waals surface area contributed by atoms with Gasteiger partial charge in [0.15, 0.2) is 0 Å². The Morgan fingerprint density at radius 1 is 1.30 bits per heavy atom. The summed E-state index contributed by atoms with van der Waals surface area (Å²) in [6, 6.07) is 8.57. The van der Waals surface area contributed by atoms with E-state index in [4.69, 9.17) is 4.74 Å². The normalized spacial score (nSPS) is 12.2. The summed E-state index contributed by atoms with van der Waals surface area (Å²) in [5.41, 5.74) is 1.25.